The van der Waals surface area contributed by atoms with Crippen molar-refractivity contribution >= 4 is 11.1 Å². The molecule has 0 amide bonds. The Kier molecular flexibility index (Phi) is 7.75. The summed E-state index contributed by atoms with van der Waals surface area (Å²) in [4.78, 5) is 2.26. The first kappa shape index (κ1) is 25.7. The maximum Gasteiger partial charge on any atom is 0.264 e. The van der Waals surface area contributed by atoms with Gasteiger partial charge in [0.05, 0.1) is 6.67 Å². The fraction of sp³-hybridized carbons (Fsp3) is 0.355. The van der Waals surface area contributed by atoms with Gasteiger partial charge in [-0.05, 0) is 77.5 Å². The first-order chi connectivity index (χ1) is 17.9. The summed E-state index contributed by atoms with van der Waals surface area (Å²) in [5.41, 5.74) is 4.41. The predicted molar refractivity (Wildman–Crippen MR) is 137 cm³/mol. The van der Waals surface area contributed by atoms with Crippen LogP contribution in [0.25, 0.3) is 11.1 Å². The fourth-order valence-corrected chi connectivity index (χ4v) is 5.80. The highest BCUT2D eigenvalue weighted by Gasteiger charge is 2.28. The zero-order valence-electron chi connectivity index (χ0n) is 20.6. The molecule has 1 aliphatic heterocycles. The lowest BCUT2D eigenvalue weighted by Crippen LogP contribution is -2.47. The first-order valence-electron chi connectivity index (χ1n) is 12.9. The molecule has 37 heavy (non-hydrogen) atoms. The van der Waals surface area contributed by atoms with Gasteiger partial charge in [0.1, 0.15) is 11.6 Å². The van der Waals surface area contributed by atoms with Gasteiger partial charge in [-0.3, -0.25) is 4.39 Å². The van der Waals surface area contributed by atoms with Crippen molar-refractivity contribution in [3.63, 3.8) is 0 Å². The number of rotatable bonds is 8. The topological polar surface area (TPSA) is 3.24 Å². The minimum atomic E-state index is -3.00. The Bertz CT molecular complexity index is 1280. The van der Waals surface area contributed by atoms with Gasteiger partial charge in [0.2, 0.25) is 0 Å². The maximum absolute atomic E-state index is 15.2. The van der Waals surface area contributed by atoms with E-state index in [4.69, 9.17) is 0 Å². The number of halogens is 5. The van der Waals surface area contributed by atoms with Gasteiger partial charge >= 0.3 is 0 Å². The standard InChI is InChI=1S/C31H30F5N/c32-13-4-14-37-18-21(19-37)15-20-9-11-23(12-10-20)29-25-7-2-1-5-22(25)6-3-8-26(29)30-27(31(35)36)16-24(33)17-28(30)34/h1-2,5,7,9-12,16-17,21,31H,3-4,6,8,13-15,18-19H2. The van der Waals surface area contributed by atoms with E-state index in [1.165, 1.54) is 5.56 Å². The molecule has 2 aliphatic rings. The van der Waals surface area contributed by atoms with E-state index < -0.39 is 23.6 Å². The van der Waals surface area contributed by atoms with Crippen molar-refractivity contribution in [3.05, 3.63) is 106 Å². The lowest BCUT2D eigenvalue weighted by molar-refractivity contribution is 0.0968. The summed E-state index contributed by atoms with van der Waals surface area (Å²) in [5.74, 6) is -1.43. The van der Waals surface area contributed by atoms with E-state index in [0.717, 1.165) is 60.8 Å². The molecule has 1 fully saturated rings. The molecule has 0 aromatic heterocycles. The fourth-order valence-electron chi connectivity index (χ4n) is 5.80. The number of hydrogen-bond donors (Lipinski definition) is 0. The number of aryl methyl sites for hydroxylation is 1. The van der Waals surface area contributed by atoms with Crippen LogP contribution in [0.15, 0.2) is 60.7 Å². The Hall–Kier alpha value is -2.99. The summed E-state index contributed by atoms with van der Waals surface area (Å²) < 4.78 is 69.5. The highest BCUT2D eigenvalue weighted by atomic mass is 19.3. The molecule has 1 saturated heterocycles. The van der Waals surface area contributed by atoms with Crippen molar-refractivity contribution in [2.45, 2.75) is 38.5 Å². The molecule has 0 bridgehead atoms. The van der Waals surface area contributed by atoms with E-state index in [1.54, 1.807) is 0 Å². The van der Waals surface area contributed by atoms with Crippen molar-refractivity contribution in [1.29, 1.82) is 0 Å². The minimum Gasteiger partial charge on any atom is -0.303 e. The Morgan fingerprint density at radius 1 is 0.919 bits per heavy atom. The molecule has 3 aromatic rings. The van der Waals surface area contributed by atoms with E-state index >= 15 is 4.39 Å². The number of benzene rings is 3. The summed E-state index contributed by atoms with van der Waals surface area (Å²) in [6.07, 6.45) is 0.314. The van der Waals surface area contributed by atoms with Gasteiger partial charge in [0.15, 0.2) is 0 Å². The van der Waals surface area contributed by atoms with Crippen LogP contribution in [0.3, 0.4) is 0 Å². The molecule has 1 heterocycles. The number of alkyl halides is 3. The van der Waals surface area contributed by atoms with Crippen LogP contribution in [0.2, 0.25) is 0 Å². The third kappa shape index (κ3) is 5.49. The highest BCUT2D eigenvalue weighted by molar-refractivity contribution is 6.00. The monoisotopic (exact) mass is 511 g/mol. The average molecular weight is 512 g/mol. The average Bonchev–Trinajstić information content (AvgIpc) is 3.05. The van der Waals surface area contributed by atoms with E-state index in [9.17, 15) is 17.6 Å². The van der Waals surface area contributed by atoms with Gasteiger partial charge in [-0.25, -0.2) is 17.6 Å². The molecule has 0 atom stereocenters. The quantitative estimate of drug-likeness (QED) is 0.277. The third-order valence-corrected chi connectivity index (χ3v) is 7.49. The second kappa shape index (κ2) is 11.2. The summed E-state index contributed by atoms with van der Waals surface area (Å²) >= 11 is 0. The maximum atomic E-state index is 15.2. The predicted octanol–water partition coefficient (Wildman–Crippen LogP) is 8.03. The number of hydrogen-bond acceptors (Lipinski definition) is 1. The largest absolute Gasteiger partial charge is 0.303 e. The zero-order valence-corrected chi connectivity index (χ0v) is 20.6. The summed E-state index contributed by atoms with van der Waals surface area (Å²) in [7, 11) is 0. The SMILES string of the molecule is FCCCN1CC(Cc2ccc(C3=C(c4c(F)cc(F)cc4C(F)F)CCCc4ccccc43)cc2)C1. The lowest BCUT2D eigenvalue weighted by atomic mass is 9.85. The lowest BCUT2D eigenvalue weighted by Gasteiger charge is -2.39. The molecule has 0 N–H and O–H groups in total. The molecular formula is C31H30F5N. The minimum absolute atomic E-state index is 0.185. The third-order valence-electron chi connectivity index (χ3n) is 7.49. The molecule has 0 radical (unpaired) electrons. The Morgan fingerprint density at radius 2 is 1.68 bits per heavy atom. The molecule has 5 rings (SSSR count). The normalized spacial score (nSPS) is 16.6. The summed E-state index contributed by atoms with van der Waals surface area (Å²) in [5, 5.41) is 0. The van der Waals surface area contributed by atoms with E-state index in [-0.39, 0.29) is 12.2 Å². The molecule has 1 nitrogen and oxygen atoms in total. The number of allylic oxidation sites excluding steroid dienone is 1. The molecule has 194 valence electrons. The van der Waals surface area contributed by atoms with Gasteiger partial charge in [-0.15, -0.1) is 0 Å². The van der Waals surface area contributed by atoms with Crippen molar-refractivity contribution in [2.24, 2.45) is 5.92 Å². The summed E-state index contributed by atoms with van der Waals surface area (Å²) in [6.45, 7) is 2.43. The van der Waals surface area contributed by atoms with Gasteiger partial charge in [0.25, 0.3) is 6.43 Å². The van der Waals surface area contributed by atoms with Crippen LogP contribution >= 0.6 is 0 Å². The van der Waals surface area contributed by atoms with Crippen molar-refractivity contribution in [3.8, 4) is 0 Å². The number of fused-ring (bicyclic) bond motifs is 1. The zero-order chi connectivity index (χ0) is 25.9. The molecule has 0 unspecified atom stereocenters. The van der Waals surface area contributed by atoms with Gasteiger partial charge in [0, 0.05) is 36.8 Å². The van der Waals surface area contributed by atoms with Crippen LogP contribution < -0.4 is 0 Å². The Morgan fingerprint density at radius 3 is 2.41 bits per heavy atom. The van der Waals surface area contributed by atoms with Crippen LogP contribution in [0.4, 0.5) is 22.0 Å². The molecule has 3 aromatic carbocycles. The van der Waals surface area contributed by atoms with E-state index in [1.807, 2.05) is 48.5 Å². The van der Waals surface area contributed by atoms with Crippen molar-refractivity contribution < 1.29 is 22.0 Å². The number of nitrogens with zero attached hydrogens (tertiary/aromatic N) is 1. The van der Waals surface area contributed by atoms with Crippen LogP contribution in [0, 0.1) is 17.6 Å². The summed E-state index contributed by atoms with van der Waals surface area (Å²) in [6, 6.07) is 17.3. The van der Waals surface area contributed by atoms with E-state index in [0.29, 0.717) is 36.8 Å². The Labute approximate surface area is 214 Å². The van der Waals surface area contributed by atoms with E-state index in [2.05, 4.69) is 4.90 Å². The van der Waals surface area contributed by atoms with Gasteiger partial charge in [-0.2, -0.15) is 0 Å². The first-order valence-corrected chi connectivity index (χ1v) is 12.9. The molecule has 0 saturated carbocycles. The highest BCUT2D eigenvalue weighted by Crippen LogP contribution is 2.43. The van der Waals surface area contributed by atoms with Crippen molar-refractivity contribution in [2.75, 3.05) is 26.3 Å². The molecule has 0 spiro atoms. The smallest absolute Gasteiger partial charge is 0.264 e. The van der Waals surface area contributed by atoms with Gasteiger partial charge < -0.3 is 4.90 Å². The molecule has 1 aliphatic carbocycles. The van der Waals surface area contributed by atoms with Crippen LogP contribution in [-0.2, 0) is 12.8 Å². The second-order valence-electron chi connectivity index (χ2n) is 10.1. The van der Waals surface area contributed by atoms with Crippen LogP contribution in [0.5, 0.6) is 0 Å². The number of likely N-dealkylation sites (tertiary alicyclic amines) is 1. The van der Waals surface area contributed by atoms with Crippen LogP contribution in [-0.4, -0.2) is 31.2 Å². The second-order valence-corrected chi connectivity index (χ2v) is 10.1. The molecular weight excluding hydrogens is 481 g/mol. The van der Waals surface area contributed by atoms with Crippen molar-refractivity contribution in [1.82, 2.24) is 4.90 Å². The molecule has 6 heteroatoms. The van der Waals surface area contributed by atoms with Crippen LogP contribution in [0.1, 0.15) is 59.1 Å². The van der Waals surface area contributed by atoms with Gasteiger partial charge in [-0.1, -0.05) is 48.5 Å². The Balaban J connectivity index is 1.54.